The summed E-state index contributed by atoms with van der Waals surface area (Å²) in [6.45, 7) is 55.1. The Hall–Kier alpha value is -4.39. The standard InChI is InChI=1S/C101H197N7O20/c1-22-24-26-28-30-32-34-36-38-40-42-44-46-48-86(109)102-72-96(10,11)82-126-84-100(18,19)76-106-90(113)70-94(6,7)78-124-80-98(14,15)74-104-88(111)50-54-116-58-62-120-66-68-122-64-60-118-56-52-108(92(115)128-93(3,4)5)53-57-119-61-65-123-69-67-121-63-59-117-55-51-89(112)105-75-99(16,17)81-125-79-95(8,9)71-91(114)107-77-101(20,21)85-127-83-97(12,13)73-103-87(110)49-47-45-43-41-39-37-35-33-31-29-27-25-23-2/h22-85H2,1-21H3,(H,102,109)(H,103,110)(H,104,111)(H,105,112)(H,106,113)(H,107,114). The van der Waals surface area contributed by atoms with E-state index in [4.69, 9.17) is 61.6 Å². The van der Waals surface area contributed by atoms with E-state index in [1.54, 1.807) is 4.90 Å². The Morgan fingerprint density at radius 1 is 0.211 bits per heavy atom. The Labute approximate surface area is 780 Å². The fourth-order valence-electron chi connectivity index (χ4n) is 13.6. The van der Waals surface area contributed by atoms with Crippen molar-refractivity contribution in [2.75, 3.05) is 211 Å². The van der Waals surface area contributed by atoms with Gasteiger partial charge in [0.1, 0.15) is 5.60 Å². The van der Waals surface area contributed by atoms with E-state index in [1.807, 2.05) is 76.2 Å². The number of ether oxygens (including phenoxy) is 13. The largest absolute Gasteiger partial charge is 0.444 e. The van der Waals surface area contributed by atoms with Gasteiger partial charge in [-0.2, -0.15) is 0 Å². The molecular weight excluding hydrogens is 1630 g/mol. The Morgan fingerprint density at radius 2 is 0.398 bits per heavy atom. The molecule has 0 saturated heterocycles. The van der Waals surface area contributed by atoms with Gasteiger partial charge >= 0.3 is 6.09 Å². The van der Waals surface area contributed by atoms with Gasteiger partial charge in [-0.1, -0.05) is 279 Å². The normalized spacial score (nSPS) is 12.7. The van der Waals surface area contributed by atoms with Gasteiger partial charge in [-0.05, 0) is 44.4 Å². The second-order valence-corrected chi connectivity index (χ2v) is 43.2. The summed E-state index contributed by atoms with van der Waals surface area (Å²) in [6, 6.07) is 0. The predicted octanol–water partition coefficient (Wildman–Crippen LogP) is 17.9. The third-order valence-electron chi connectivity index (χ3n) is 21.7. The molecule has 0 aliphatic carbocycles. The first-order chi connectivity index (χ1) is 60.4. The molecule has 27 heteroatoms. The van der Waals surface area contributed by atoms with E-state index < -0.39 is 22.5 Å². The average Bonchev–Trinajstić information content (AvgIpc) is 0.795. The smallest absolute Gasteiger partial charge is 0.410 e. The summed E-state index contributed by atoms with van der Waals surface area (Å²) < 4.78 is 75.6. The van der Waals surface area contributed by atoms with Crippen LogP contribution in [0.15, 0.2) is 0 Å². The van der Waals surface area contributed by atoms with Crippen LogP contribution < -0.4 is 31.9 Å². The third-order valence-corrected chi connectivity index (χ3v) is 21.7. The monoisotopic (exact) mass is 1830 g/mol. The molecule has 0 aromatic carbocycles. The lowest BCUT2D eigenvalue weighted by Gasteiger charge is -2.31. The minimum Gasteiger partial charge on any atom is -0.444 e. The van der Waals surface area contributed by atoms with Crippen LogP contribution in [0.2, 0.25) is 0 Å². The van der Waals surface area contributed by atoms with Gasteiger partial charge in [-0.25, -0.2) is 4.79 Å². The molecule has 128 heavy (non-hydrogen) atoms. The Kier molecular flexibility index (Phi) is 71.4. The van der Waals surface area contributed by atoms with Crippen molar-refractivity contribution in [2.24, 2.45) is 43.3 Å². The zero-order valence-electron chi connectivity index (χ0n) is 85.9. The number of nitrogens with zero attached hydrogens (tertiary/aromatic N) is 1. The lowest BCUT2D eigenvalue weighted by molar-refractivity contribution is -0.126. The second-order valence-electron chi connectivity index (χ2n) is 43.2. The zero-order chi connectivity index (χ0) is 95.8. The van der Waals surface area contributed by atoms with E-state index in [9.17, 15) is 33.6 Å². The molecule has 0 atom stereocenters. The van der Waals surface area contributed by atoms with Crippen LogP contribution in [0, 0.1) is 43.3 Å². The van der Waals surface area contributed by atoms with E-state index in [0.717, 1.165) is 25.7 Å². The van der Waals surface area contributed by atoms with Gasteiger partial charge in [0, 0.05) is 123 Å². The van der Waals surface area contributed by atoms with Crippen LogP contribution in [0.4, 0.5) is 4.79 Å². The first-order valence-corrected chi connectivity index (χ1v) is 49.9. The van der Waals surface area contributed by atoms with Gasteiger partial charge in [-0.3, -0.25) is 28.8 Å². The minimum absolute atomic E-state index is 0.0467. The molecule has 0 aromatic heterocycles. The van der Waals surface area contributed by atoms with Crippen LogP contribution in [0.3, 0.4) is 0 Å². The van der Waals surface area contributed by atoms with Crippen molar-refractivity contribution in [2.45, 2.75) is 356 Å². The maximum atomic E-state index is 13.1. The van der Waals surface area contributed by atoms with Gasteiger partial charge in [0.25, 0.3) is 0 Å². The molecular formula is C101H197N7O20. The van der Waals surface area contributed by atoms with Crippen LogP contribution in [-0.4, -0.2) is 263 Å². The first-order valence-electron chi connectivity index (χ1n) is 49.9. The summed E-state index contributed by atoms with van der Waals surface area (Å²) in [6.07, 6.45) is 35.1. The van der Waals surface area contributed by atoms with Crippen molar-refractivity contribution in [3.63, 3.8) is 0 Å². The summed E-state index contributed by atoms with van der Waals surface area (Å²) in [7, 11) is 0. The van der Waals surface area contributed by atoms with E-state index in [0.29, 0.717) is 210 Å². The van der Waals surface area contributed by atoms with Gasteiger partial charge in [0.05, 0.1) is 159 Å². The van der Waals surface area contributed by atoms with Gasteiger partial charge < -0.3 is 98.4 Å². The molecule has 0 unspecified atom stereocenters. The SMILES string of the molecule is CCCCCCCCCCCCCCCC(=O)NCC(C)(C)COCC(C)(C)CNC(=O)CC(C)(C)COCC(C)(C)CNC(=O)CCOCCOCCOCCOCCN(CCOCCOCCOCCOCCC(=O)NCC(C)(C)COCC(C)(C)CC(=O)NCC(C)(C)COCC(C)(C)CNC(=O)CCCCCCCCCCCCCCC)C(=O)OC(C)(C)C. The van der Waals surface area contributed by atoms with Crippen LogP contribution in [0.25, 0.3) is 0 Å². The lowest BCUT2D eigenvalue weighted by Crippen LogP contribution is -2.41. The highest BCUT2D eigenvalue weighted by Gasteiger charge is 2.32. The average molecular weight is 1830 g/mol. The van der Waals surface area contributed by atoms with E-state index in [-0.39, 0.29) is 107 Å². The summed E-state index contributed by atoms with van der Waals surface area (Å²) in [5, 5.41) is 18.4. The van der Waals surface area contributed by atoms with Crippen molar-refractivity contribution in [3.05, 3.63) is 0 Å². The van der Waals surface area contributed by atoms with Crippen molar-refractivity contribution < 1.29 is 95.1 Å². The number of hydrogen-bond donors (Lipinski definition) is 6. The van der Waals surface area contributed by atoms with E-state index in [2.05, 4.69) is 101 Å². The highest BCUT2D eigenvalue weighted by molar-refractivity contribution is 5.78. The molecule has 0 radical (unpaired) electrons. The summed E-state index contributed by atoms with van der Waals surface area (Å²) in [5.41, 5.74) is -3.17. The fraction of sp³-hybridized carbons (Fsp3) is 0.931. The minimum atomic E-state index is -0.673. The molecule has 0 heterocycles. The van der Waals surface area contributed by atoms with Crippen LogP contribution in [0.1, 0.15) is 351 Å². The van der Waals surface area contributed by atoms with Crippen LogP contribution >= 0.6 is 0 Å². The number of nitrogens with one attached hydrogen (secondary N) is 6. The molecule has 0 aliphatic heterocycles. The van der Waals surface area contributed by atoms with Crippen LogP contribution in [0.5, 0.6) is 0 Å². The molecule has 0 spiro atoms. The number of hydrogen-bond acceptors (Lipinski definition) is 20. The maximum Gasteiger partial charge on any atom is 0.410 e. The Morgan fingerprint density at radius 3 is 0.625 bits per heavy atom. The second kappa shape index (κ2) is 73.9. The molecule has 0 aliphatic rings. The quantitative estimate of drug-likeness (QED) is 0.0308. The molecule has 0 saturated carbocycles. The van der Waals surface area contributed by atoms with Gasteiger partial charge in [0.2, 0.25) is 35.4 Å². The number of amides is 7. The van der Waals surface area contributed by atoms with Crippen molar-refractivity contribution >= 4 is 41.5 Å². The topological polar surface area (TPSA) is 315 Å². The number of rotatable bonds is 90. The third kappa shape index (κ3) is 82.3. The van der Waals surface area contributed by atoms with Crippen molar-refractivity contribution in [1.29, 1.82) is 0 Å². The molecule has 0 bridgehead atoms. The molecule has 7 amide bonds. The Balaban J connectivity index is 4.15. The zero-order valence-corrected chi connectivity index (χ0v) is 85.9. The molecule has 6 N–H and O–H groups in total. The molecule has 0 fully saturated rings. The molecule has 0 rings (SSSR count). The Bertz CT molecular complexity index is 2610. The number of carbonyl (C=O) groups excluding carboxylic acids is 7. The number of unbranched alkanes of at least 4 members (excludes halogenated alkanes) is 24. The number of carbonyl (C=O) groups is 7. The fourth-order valence-corrected chi connectivity index (χ4v) is 13.6. The van der Waals surface area contributed by atoms with E-state index >= 15 is 0 Å². The van der Waals surface area contributed by atoms with Gasteiger partial charge in [0.15, 0.2) is 0 Å². The van der Waals surface area contributed by atoms with Gasteiger partial charge in [-0.15, -0.1) is 0 Å². The highest BCUT2D eigenvalue weighted by atomic mass is 16.6. The van der Waals surface area contributed by atoms with Crippen molar-refractivity contribution in [3.8, 4) is 0 Å². The van der Waals surface area contributed by atoms with Crippen molar-refractivity contribution in [1.82, 2.24) is 36.8 Å². The summed E-state index contributed by atoms with van der Waals surface area (Å²) in [4.78, 5) is 91.4. The predicted molar refractivity (Wildman–Crippen MR) is 515 cm³/mol. The highest BCUT2D eigenvalue weighted by Crippen LogP contribution is 2.28. The lowest BCUT2D eigenvalue weighted by atomic mass is 9.89. The molecule has 0 aromatic rings. The molecule has 756 valence electrons. The summed E-state index contributed by atoms with van der Waals surface area (Å²) >= 11 is 0. The van der Waals surface area contributed by atoms with Crippen LogP contribution in [-0.2, 0) is 90.3 Å². The van der Waals surface area contributed by atoms with E-state index in [1.165, 1.54) is 141 Å². The maximum absolute atomic E-state index is 13.1. The molecule has 27 nitrogen and oxygen atoms in total. The summed E-state index contributed by atoms with van der Waals surface area (Å²) in [5.74, 6) is -0.109. The first kappa shape index (κ1) is 124.